The summed E-state index contributed by atoms with van der Waals surface area (Å²) in [7, 11) is 0. The van der Waals surface area contributed by atoms with Gasteiger partial charge in [-0.3, -0.25) is 0 Å². The van der Waals surface area contributed by atoms with Crippen LogP contribution in [-0.4, -0.2) is 16.2 Å². The summed E-state index contributed by atoms with van der Waals surface area (Å²) in [5.74, 6) is 0.237. The molecule has 0 spiro atoms. The summed E-state index contributed by atoms with van der Waals surface area (Å²) in [6.45, 7) is 0.0239. The Morgan fingerprint density at radius 3 is 2.55 bits per heavy atom. The summed E-state index contributed by atoms with van der Waals surface area (Å²) in [5.41, 5.74) is 1.81. The Balaban J connectivity index is 1.64. The number of benzene rings is 2. The zero-order valence-electron chi connectivity index (χ0n) is 11.6. The van der Waals surface area contributed by atoms with Crippen molar-refractivity contribution in [3.63, 3.8) is 0 Å². The van der Waals surface area contributed by atoms with Crippen molar-refractivity contribution >= 4 is 5.97 Å². The third-order valence-corrected chi connectivity index (χ3v) is 3.07. The molecule has 110 valence electrons. The molecule has 0 aliphatic heterocycles. The van der Waals surface area contributed by atoms with Crippen molar-refractivity contribution in [2.24, 2.45) is 0 Å². The molecule has 1 heterocycles. The van der Waals surface area contributed by atoms with Crippen molar-refractivity contribution in [1.82, 2.24) is 5.16 Å². The second-order valence-corrected chi connectivity index (χ2v) is 4.67. The monoisotopic (exact) mass is 295 g/mol. The molecule has 5 nitrogen and oxygen atoms in total. The summed E-state index contributed by atoms with van der Waals surface area (Å²) in [5, 5.41) is 13.1. The van der Waals surface area contributed by atoms with E-state index in [-0.39, 0.29) is 12.4 Å². The number of hydrogen-bond acceptors (Lipinski definition) is 5. The van der Waals surface area contributed by atoms with E-state index in [1.165, 1.54) is 24.3 Å². The van der Waals surface area contributed by atoms with E-state index >= 15 is 0 Å². The summed E-state index contributed by atoms with van der Waals surface area (Å²) in [4.78, 5) is 11.8. The van der Waals surface area contributed by atoms with Gasteiger partial charge >= 0.3 is 5.97 Å². The molecule has 0 saturated heterocycles. The van der Waals surface area contributed by atoms with Crippen molar-refractivity contribution in [3.05, 3.63) is 71.9 Å². The SMILES string of the molecule is O=C(OCc1cc(-c2ccccc2)on1)c1ccc(O)cc1. The van der Waals surface area contributed by atoms with Crippen LogP contribution >= 0.6 is 0 Å². The lowest BCUT2D eigenvalue weighted by atomic mass is 10.2. The van der Waals surface area contributed by atoms with Gasteiger partial charge in [-0.05, 0) is 24.3 Å². The Morgan fingerprint density at radius 1 is 1.09 bits per heavy atom. The summed E-state index contributed by atoms with van der Waals surface area (Å²) < 4.78 is 10.4. The Labute approximate surface area is 126 Å². The van der Waals surface area contributed by atoms with Gasteiger partial charge in [0.1, 0.15) is 18.1 Å². The van der Waals surface area contributed by atoms with Gasteiger partial charge in [0, 0.05) is 11.6 Å². The number of nitrogens with zero attached hydrogens (tertiary/aromatic N) is 1. The number of ether oxygens (including phenoxy) is 1. The van der Waals surface area contributed by atoms with E-state index in [1.807, 2.05) is 30.3 Å². The third-order valence-electron chi connectivity index (χ3n) is 3.07. The molecule has 0 aliphatic carbocycles. The van der Waals surface area contributed by atoms with Gasteiger partial charge in [0.15, 0.2) is 5.76 Å². The van der Waals surface area contributed by atoms with E-state index in [2.05, 4.69) is 5.16 Å². The lowest BCUT2D eigenvalue weighted by molar-refractivity contribution is 0.0464. The number of carbonyl (C=O) groups excluding carboxylic acids is 1. The number of hydrogen-bond donors (Lipinski definition) is 1. The van der Waals surface area contributed by atoms with Gasteiger partial charge in [-0.15, -0.1) is 0 Å². The zero-order chi connectivity index (χ0) is 15.4. The quantitative estimate of drug-likeness (QED) is 0.747. The molecule has 0 amide bonds. The number of carbonyl (C=O) groups is 1. The third kappa shape index (κ3) is 3.15. The van der Waals surface area contributed by atoms with Gasteiger partial charge in [-0.25, -0.2) is 4.79 Å². The first-order valence-electron chi connectivity index (χ1n) is 6.69. The van der Waals surface area contributed by atoms with Gasteiger partial charge in [0.2, 0.25) is 0 Å². The predicted molar refractivity (Wildman–Crippen MR) is 79.2 cm³/mol. The highest BCUT2D eigenvalue weighted by atomic mass is 16.5. The summed E-state index contributed by atoms with van der Waals surface area (Å²) in [6, 6.07) is 17.1. The molecule has 0 radical (unpaired) electrons. The fraction of sp³-hybridized carbons (Fsp3) is 0.0588. The van der Waals surface area contributed by atoms with E-state index in [0.717, 1.165) is 5.56 Å². The molecule has 2 aromatic carbocycles. The van der Waals surface area contributed by atoms with E-state index < -0.39 is 5.97 Å². The Morgan fingerprint density at radius 2 is 1.82 bits per heavy atom. The molecular formula is C17H13NO4. The highest BCUT2D eigenvalue weighted by Gasteiger charge is 2.11. The van der Waals surface area contributed by atoms with Gasteiger partial charge in [-0.2, -0.15) is 0 Å². The minimum atomic E-state index is -0.482. The lowest BCUT2D eigenvalue weighted by Crippen LogP contribution is -2.05. The number of rotatable bonds is 4. The molecule has 3 aromatic rings. The van der Waals surface area contributed by atoms with Crippen LogP contribution in [0.15, 0.2) is 65.2 Å². The van der Waals surface area contributed by atoms with Gasteiger partial charge in [-0.1, -0.05) is 35.5 Å². The molecule has 3 rings (SSSR count). The van der Waals surface area contributed by atoms with Gasteiger partial charge in [0.25, 0.3) is 0 Å². The van der Waals surface area contributed by atoms with E-state index in [0.29, 0.717) is 17.0 Å². The van der Waals surface area contributed by atoms with Crippen LogP contribution in [0.3, 0.4) is 0 Å². The molecule has 5 heteroatoms. The molecule has 0 aliphatic rings. The standard InChI is InChI=1S/C17H13NO4/c19-15-8-6-13(7-9-15)17(20)21-11-14-10-16(22-18-14)12-4-2-1-3-5-12/h1-10,19H,11H2. The number of aromatic hydroxyl groups is 1. The minimum absolute atomic E-state index is 0.0239. The van der Waals surface area contributed by atoms with Crippen LogP contribution in [0.25, 0.3) is 11.3 Å². The van der Waals surface area contributed by atoms with Gasteiger partial charge in [0.05, 0.1) is 5.56 Å². The van der Waals surface area contributed by atoms with Crippen molar-refractivity contribution < 1.29 is 19.2 Å². The molecule has 0 unspecified atom stereocenters. The largest absolute Gasteiger partial charge is 0.508 e. The molecule has 22 heavy (non-hydrogen) atoms. The molecule has 0 atom stereocenters. The van der Waals surface area contributed by atoms with E-state index in [9.17, 15) is 9.90 Å². The zero-order valence-corrected chi connectivity index (χ0v) is 11.6. The highest BCUT2D eigenvalue weighted by Crippen LogP contribution is 2.20. The van der Waals surface area contributed by atoms with E-state index in [1.54, 1.807) is 6.07 Å². The van der Waals surface area contributed by atoms with Crippen LogP contribution in [0, 0.1) is 0 Å². The Kier molecular flexibility index (Phi) is 3.87. The van der Waals surface area contributed by atoms with Crippen LogP contribution in [-0.2, 0) is 11.3 Å². The van der Waals surface area contributed by atoms with Crippen molar-refractivity contribution in [3.8, 4) is 17.1 Å². The van der Waals surface area contributed by atoms with Crippen molar-refractivity contribution in [2.75, 3.05) is 0 Å². The average Bonchev–Trinajstić information content (AvgIpc) is 3.03. The fourth-order valence-electron chi connectivity index (χ4n) is 1.94. The van der Waals surface area contributed by atoms with E-state index in [4.69, 9.17) is 9.26 Å². The molecule has 0 fully saturated rings. The first-order chi connectivity index (χ1) is 10.7. The fourth-order valence-corrected chi connectivity index (χ4v) is 1.94. The maximum absolute atomic E-state index is 11.8. The number of esters is 1. The molecule has 0 saturated carbocycles. The second kappa shape index (κ2) is 6.13. The normalized spacial score (nSPS) is 10.4. The number of phenols is 1. The first kappa shape index (κ1) is 13.9. The molecule has 0 bridgehead atoms. The van der Waals surface area contributed by atoms with Crippen molar-refractivity contribution in [2.45, 2.75) is 6.61 Å². The molecule has 1 aromatic heterocycles. The lowest BCUT2D eigenvalue weighted by Gasteiger charge is -2.02. The minimum Gasteiger partial charge on any atom is -0.508 e. The maximum Gasteiger partial charge on any atom is 0.338 e. The topological polar surface area (TPSA) is 72.6 Å². The van der Waals surface area contributed by atoms with Gasteiger partial charge < -0.3 is 14.4 Å². The van der Waals surface area contributed by atoms with Crippen LogP contribution in [0.1, 0.15) is 16.1 Å². The number of aromatic nitrogens is 1. The van der Waals surface area contributed by atoms with Crippen molar-refractivity contribution in [1.29, 1.82) is 0 Å². The highest BCUT2D eigenvalue weighted by molar-refractivity contribution is 5.89. The van der Waals surface area contributed by atoms with Crippen LogP contribution in [0.2, 0.25) is 0 Å². The molecular weight excluding hydrogens is 282 g/mol. The summed E-state index contributed by atoms with van der Waals surface area (Å²) >= 11 is 0. The van der Waals surface area contributed by atoms with Crippen LogP contribution < -0.4 is 0 Å². The predicted octanol–water partition coefficient (Wildman–Crippen LogP) is 3.40. The smallest absolute Gasteiger partial charge is 0.338 e. The maximum atomic E-state index is 11.8. The Bertz CT molecular complexity index is 763. The van der Waals surface area contributed by atoms with Crippen LogP contribution in [0.4, 0.5) is 0 Å². The first-order valence-corrected chi connectivity index (χ1v) is 6.69. The average molecular weight is 295 g/mol. The Hall–Kier alpha value is -3.08. The molecule has 1 N–H and O–H groups in total. The summed E-state index contributed by atoms with van der Waals surface area (Å²) in [6.07, 6.45) is 0. The van der Waals surface area contributed by atoms with Crippen LogP contribution in [0.5, 0.6) is 5.75 Å². The number of phenolic OH excluding ortho intramolecular Hbond substituents is 1. The second-order valence-electron chi connectivity index (χ2n) is 4.67.